The van der Waals surface area contributed by atoms with Crippen LogP contribution in [0.1, 0.15) is 33.2 Å². The highest BCUT2D eigenvalue weighted by atomic mass is 32.2. The number of rotatable bonds is 5. The molecule has 0 fully saturated rings. The molecule has 1 aliphatic heterocycles. The fourth-order valence-corrected chi connectivity index (χ4v) is 4.85. The molecule has 4 aromatic rings. The van der Waals surface area contributed by atoms with Gasteiger partial charge in [0, 0.05) is 17.1 Å². The van der Waals surface area contributed by atoms with Crippen molar-refractivity contribution in [3.8, 4) is 0 Å². The number of aryl methyl sites for hydroxylation is 1. The normalized spacial score (nSPS) is 15.5. The van der Waals surface area contributed by atoms with Gasteiger partial charge in [-0.25, -0.2) is 0 Å². The first-order valence-corrected chi connectivity index (χ1v) is 12.3. The maximum absolute atomic E-state index is 13.9. The topological polar surface area (TPSA) is 23.6 Å². The summed E-state index contributed by atoms with van der Waals surface area (Å²) >= 11 is 1.72. The molecule has 164 valence electrons. The number of benzene rings is 4. The van der Waals surface area contributed by atoms with Gasteiger partial charge in [0.25, 0.3) is 5.91 Å². The van der Waals surface area contributed by atoms with Gasteiger partial charge >= 0.3 is 0 Å². The predicted molar refractivity (Wildman–Crippen MR) is 138 cm³/mol. The van der Waals surface area contributed by atoms with E-state index in [2.05, 4.69) is 84.8 Å². The number of nitrogens with zero attached hydrogens (tertiary/aromatic N) is 2. The SMILES string of the molecule is CSc1ccc([C@@H]2N(Cc3ccccc3)c3ccccc3C(=O)N2c2ccc(C)cc2)cc1. The number of anilines is 2. The molecule has 0 bridgehead atoms. The van der Waals surface area contributed by atoms with Crippen molar-refractivity contribution in [3.63, 3.8) is 0 Å². The first-order chi connectivity index (χ1) is 16.2. The average Bonchev–Trinajstić information content (AvgIpc) is 2.87. The van der Waals surface area contributed by atoms with E-state index in [-0.39, 0.29) is 12.1 Å². The summed E-state index contributed by atoms with van der Waals surface area (Å²) in [6.45, 7) is 2.76. The maximum atomic E-state index is 13.9. The van der Waals surface area contributed by atoms with E-state index in [1.807, 2.05) is 41.3 Å². The monoisotopic (exact) mass is 450 g/mol. The van der Waals surface area contributed by atoms with Crippen LogP contribution in [0.15, 0.2) is 108 Å². The molecule has 0 unspecified atom stereocenters. The van der Waals surface area contributed by atoms with Crippen molar-refractivity contribution in [2.75, 3.05) is 16.1 Å². The molecular weight excluding hydrogens is 424 g/mol. The highest BCUT2D eigenvalue weighted by molar-refractivity contribution is 7.98. The molecule has 0 saturated carbocycles. The standard InChI is InChI=1S/C29H26N2OS/c1-21-12-16-24(17-13-21)31-28(23-14-18-25(33-2)19-15-23)30(20-22-8-4-3-5-9-22)27-11-7-6-10-26(27)29(31)32/h3-19,28H,20H2,1-2H3/t28-/m1/s1. The second-order valence-electron chi connectivity index (χ2n) is 8.29. The van der Waals surface area contributed by atoms with Gasteiger partial charge in [-0.3, -0.25) is 9.69 Å². The second kappa shape index (κ2) is 9.16. The summed E-state index contributed by atoms with van der Waals surface area (Å²) in [7, 11) is 0. The Balaban J connectivity index is 1.71. The van der Waals surface area contributed by atoms with Gasteiger partial charge in [-0.1, -0.05) is 72.3 Å². The summed E-state index contributed by atoms with van der Waals surface area (Å²) in [5, 5.41) is 0. The van der Waals surface area contributed by atoms with Crippen LogP contribution in [0.4, 0.5) is 11.4 Å². The van der Waals surface area contributed by atoms with Crippen LogP contribution < -0.4 is 9.80 Å². The molecule has 0 aromatic heterocycles. The van der Waals surface area contributed by atoms with E-state index < -0.39 is 0 Å². The lowest BCUT2D eigenvalue weighted by molar-refractivity contribution is 0.0968. The van der Waals surface area contributed by atoms with Crippen LogP contribution in [-0.2, 0) is 6.54 Å². The van der Waals surface area contributed by atoms with Crippen molar-refractivity contribution < 1.29 is 4.79 Å². The van der Waals surface area contributed by atoms with Crippen LogP contribution in [0.5, 0.6) is 0 Å². The molecule has 33 heavy (non-hydrogen) atoms. The van der Waals surface area contributed by atoms with E-state index in [1.165, 1.54) is 16.0 Å². The number of para-hydroxylation sites is 1. The van der Waals surface area contributed by atoms with E-state index >= 15 is 0 Å². The first kappa shape index (κ1) is 21.4. The number of hydrogen-bond acceptors (Lipinski definition) is 3. The molecule has 1 heterocycles. The van der Waals surface area contributed by atoms with Crippen molar-refractivity contribution in [1.29, 1.82) is 0 Å². The molecule has 0 spiro atoms. The van der Waals surface area contributed by atoms with Gasteiger partial charge in [-0.2, -0.15) is 0 Å². The van der Waals surface area contributed by atoms with Gasteiger partial charge in [0.05, 0.1) is 11.3 Å². The zero-order valence-corrected chi connectivity index (χ0v) is 19.6. The lowest BCUT2D eigenvalue weighted by Crippen LogP contribution is -2.49. The third-order valence-corrected chi connectivity index (χ3v) is 6.87. The molecule has 5 rings (SSSR count). The number of hydrogen-bond donors (Lipinski definition) is 0. The second-order valence-corrected chi connectivity index (χ2v) is 9.17. The van der Waals surface area contributed by atoms with Crippen molar-refractivity contribution in [3.05, 3.63) is 125 Å². The summed E-state index contributed by atoms with van der Waals surface area (Å²) < 4.78 is 0. The Morgan fingerprint density at radius 3 is 2.15 bits per heavy atom. The van der Waals surface area contributed by atoms with Gasteiger partial charge < -0.3 is 4.90 Å². The Morgan fingerprint density at radius 1 is 0.788 bits per heavy atom. The quantitative estimate of drug-likeness (QED) is 0.303. The van der Waals surface area contributed by atoms with Gasteiger partial charge in [-0.15, -0.1) is 11.8 Å². The number of fused-ring (bicyclic) bond motifs is 1. The summed E-state index contributed by atoms with van der Waals surface area (Å²) in [6.07, 6.45) is 1.82. The largest absolute Gasteiger partial charge is 0.342 e. The maximum Gasteiger partial charge on any atom is 0.262 e. The van der Waals surface area contributed by atoms with Crippen LogP contribution in [0.2, 0.25) is 0 Å². The Labute approximate surface area is 199 Å². The lowest BCUT2D eigenvalue weighted by Gasteiger charge is -2.46. The van der Waals surface area contributed by atoms with Gasteiger partial charge in [0.1, 0.15) is 6.17 Å². The van der Waals surface area contributed by atoms with Crippen LogP contribution >= 0.6 is 11.8 Å². The van der Waals surface area contributed by atoms with Crippen LogP contribution in [0.25, 0.3) is 0 Å². The highest BCUT2D eigenvalue weighted by Gasteiger charge is 2.39. The number of carbonyl (C=O) groups excluding carboxylic acids is 1. The summed E-state index contributed by atoms with van der Waals surface area (Å²) in [5.41, 5.74) is 6.06. The van der Waals surface area contributed by atoms with E-state index in [1.54, 1.807) is 11.8 Å². The Morgan fingerprint density at radius 2 is 1.45 bits per heavy atom. The van der Waals surface area contributed by atoms with Crippen LogP contribution in [-0.4, -0.2) is 12.2 Å². The smallest absolute Gasteiger partial charge is 0.262 e. The minimum Gasteiger partial charge on any atom is -0.342 e. The van der Waals surface area contributed by atoms with E-state index in [4.69, 9.17) is 0 Å². The molecule has 0 radical (unpaired) electrons. The molecule has 1 atom stereocenters. The molecule has 4 heteroatoms. The van der Waals surface area contributed by atoms with Crippen molar-refractivity contribution in [2.45, 2.75) is 24.5 Å². The molecule has 1 amide bonds. The van der Waals surface area contributed by atoms with Crippen molar-refractivity contribution in [2.24, 2.45) is 0 Å². The van der Waals surface area contributed by atoms with Gasteiger partial charge in [0.15, 0.2) is 0 Å². The fraction of sp³-hybridized carbons (Fsp3) is 0.138. The molecule has 3 nitrogen and oxygen atoms in total. The molecule has 4 aromatic carbocycles. The minimum absolute atomic E-state index is 0.0257. The number of thioether (sulfide) groups is 1. The van der Waals surface area contributed by atoms with E-state index in [0.717, 1.165) is 22.5 Å². The molecule has 0 aliphatic carbocycles. The number of carbonyl (C=O) groups is 1. The molecular formula is C29H26N2OS. The Kier molecular flexibility index (Phi) is 5.93. The fourth-order valence-electron chi connectivity index (χ4n) is 4.44. The molecule has 0 saturated heterocycles. The van der Waals surface area contributed by atoms with Crippen LogP contribution in [0, 0.1) is 6.92 Å². The number of amides is 1. The van der Waals surface area contributed by atoms with E-state index in [9.17, 15) is 4.79 Å². The Bertz CT molecular complexity index is 1250. The predicted octanol–water partition coefficient (Wildman–Crippen LogP) is 7.08. The third kappa shape index (κ3) is 4.14. The zero-order valence-electron chi connectivity index (χ0n) is 18.8. The first-order valence-electron chi connectivity index (χ1n) is 11.1. The van der Waals surface area contributed by atoms with Gasteiger partial charge in [0.2, 0.25) is 0 Å². The van der Waals surface area contributed by atoms with Crippen LogP contribution in [0.3, 0.4) is 0 Å². The minimum atomic E-state index is -0.258. The Hall–Kier alpha value is -3.50. The molecule has 0 N–H and O–H groups in total. The molecule has 1 aliphatic rings. The third-order valence-electron chi connectivity index (χ3n) is 6.12. The summed E-state index contributed by atoms with van der Waals surface area (Å²) in [6, 6.07) is 35.2. The van der Waals surface area contributed by atoms with Crippen molar-refractivity contribution in [1.82, 2.24) is 0 Å². The van der Waals surface area contributed by atoms with Gasteiger partial charge in [-0.05, 0) is 60.7 Å². The lowest BCUT2D eigenvalue weighted by atomic mass is 9.99. The van der Waals surface area contributed by atoms with E-state index in [0.29, 0.717) is 6.54 Å². The van der Waals surface area contributed by atoms with Crippen molar-refractivity contribution >= 4 is 29.0 Å². The summed E-state index contributed by atoms with van der Waals surface area (Å²) in [5.74, 6) is 0.0257. The summed E-state index contributed by atoms with van der Waals surface area (Å²) in [4.78, 5) is 19.4. The zero-order chi connectivity index (χ0) is 22.8. The average molecular weight is 451 g/mol. The highest BCUT2D eigenvalue weighted by Crippen LogP contribution is 2.42.